The van der Waals surface area contributed by atoms with Gasteiger partial charge in [-0.05, 0) is 58.3 Å². The molecule has 0 fully saturated rings. The molecule has 0 amide bonds. The first-order valence-electron chi connectivity index (χ1n) is 11.7. The normalized spacial score (nSPS) is 12.3. The SMILES string of the molecule is CCCCC(CC)COC(=O)CCCCCOC(=O)CCCOC(=O)C(C)(C)CC. The summed E-state index contributed by atoms with van der Waals surface area (Å²) in [4.78, 5) is 35.3. The van der Waals surface area contributed by atoms with Crippen LogP contribution < -0.4 is 0 Å². The molecule has 0 radical (unpaired) electrons. The molecule has 0 spiro atoms. The third kappa shape index (κ3) is 14.4. The molecule has 0 aliphatic heterocycles. The van der Waals surface area contributed by atoms with Gasteiger partial charge in [0.15, 0.2) is 0 Å². The molecule has 0 N–H and O–H groups in total. The van der Waals surface area contributed by atoms with Gasteiger partial charge in [-0.3, -0.25) is 14.4 Å². The van der Waals surface area contributed by atoms with Crippen molar-refractivity contribution in [1.82, 2.24) is 0 Å². The van der Waals surface area contributed by atoms with Crippen LogP contribution in [0.15, 0.2) is 0 Å². The number of hydrogen-bond acceptors (Lipinski definition) is 6. The molecule has 30 heavy (non-hydrogen) atoms. The number of ether oxygens (including phenoxy) is 3. The fourth-order valence-corrected chi connectivity index (χ4v) is 2.71. The highest BCUT2D eigenvalue weighted by Gasteiger charge is 2.26. The van der Waals surface area contributed by atoms with Gasteiger partial charge in [0.25, 0.3) is 0 Å². The average Bonchev–Trinajstić information content (AvgIpc) is 2.73. The van der Waals surface area contributed by atoms with Crippen molar-refractivity contribution in [2.75, 3.05) is 19.8 Å². The predicted molar refractivity (Wildman–Crippen MR) is 118 cm³/mol. The van der Waals surface area contributed by atoms with E-state index in [9.17, 15) is 14.4 Å². The minimum atomic E-state index is -0.486. The first-order chi connectivity index (χ1) is 14.3. The summed E-state index contributed by atoms with van der Waals surface area (Å²) in [6.45, 7) is 11.0. The van der Waals surface area contributed by atoms with Crippen molar-refractivity contribution in [3.63, 3.8) is 0 Å². The third-order valence-electron chi connectivity index (χ3n) is 5.51. The highest BCUT2D eigenvalue weighted by atomic mass is 16.5. The van der Waals surface area contributed by atoms with Crippen molar-refractivity contribution in [3.8, 4) is 0 Å². The van der Waals surface area contributed by atoms with Crippen LogP contribution in [0.1, 0.15) is 105 Å². The van der Waals surface area contributed by atoms with Gasteiger partial charge in [0.1, 0.15) is 0 Å². The van der Waals surface area contributed by atoms with Gasteiger partial charge < -0.3 is 14.2 Å². The van der Waals surface area contributed by atoms with Gasteiger partial charge in [-0.1, -0.05) is 40.0 Å². The van der Waals surface area contributed by atoms with E-state index in [1.165, 1.54) is 12.8 Å². The number of carbonyl (C=O) groups excluding carboxylic acids is 3. The van der Waals surface area contributed by atoms with Crippen molar-refractivity contribution in [2.45, 2.75) is 105 Å². The summed E-state index contributed by atoms with van der Waals surface area (Å²) < 4.78 is 15.8. The molecule has 0 saturated carbocycles. The quantitative estimate of drug-likeness (QED) is 0.160. The van der Waals surface area contributed by atoms with E-state index in [1.807, 2.05) is 20.8 Å². The van der Waals surface area contributed by atoms with E-state index in [4.69, 9.17) is 14.2 Å². The second-order valence-corrected chi connectivity index (χ2v) is 8.61. The van der Waals surface area contributed by atoms with Crippen LogP contribution in [0.4, 0.5) is 0 Å². The van der Waals surface area contributed by atoms with Crippen LogP contribution in [-0.2, 0) is 28.6 Å². The average molecular weight is 429 g/mol. The molecule has 0 aromatic heterocycles. The Kier molecular flexibility index (Phi) is 16.2. The van der Waals surface area contributed by atoms with Gasteiger partial charge in [0.05, 0.1) is 25.2 Å². The second-order valence-electron chi connectivity index (χ2n) is 8.61. The first-order valence-corrected chi connectivity index (χ1v) is 11.7. The monoisotopic (exact) mass is 428 g/mol. The molecule has 0 aromatic rings. The molecular weight excluding hydrogens is 384 g/mol. The Morgan fingerprint density at radius 3 is 2.03 bits per heavy atom. The Hall–Kier alpha value is -1.59. The molecule has 1 atom stereocenters. The van der Waals surface area contributed by atoms with Gasteiger partial charge in [0.2, 0.25) is 0 Å². The van der Waals surface area contributed by atoms with E-state index in [-0.39, 0.29) is 30.9 Å². The second kappa shape index (κ2) is 17.1. The molecule has 0 aromatic carbocycles. The van der Waals surface area contributed by atoms with Crippen molar-refractivity contribution in [3.05, 3.63) is 0 Å². The van der Waals surface area contributed by atoms with Crippen LogP contribution in [0.5, 0.6) is 0 Å². The molecule has 0 aliphatic rings. The van der Waals surface area contributed by atoms with Crippen molar-refractivity contribution >= 4 is 17.9 Å². The number of hydrogen-bond donors (Lipinski definition) is 0. The molecule has 6 heteroatoms. The number of rotatable bonds is 18. The van der Waals surface area contributed by atoms with Crippen molar-refractivity contribution in [1.29, 1.82) is 0 Å². The lowest BCUT2D eigenvalue weighted by molar-refractivity contribution is -0.155. The van der Waals surface area contributed by atoms with Gasteiger partial charge in [-0.25, -0.2) is 0 Å². The fraction of sp³-hybridized carbons (Fsp3) is 0.875. The third-order valence-corrected chi connectivity index (χ3v) is 5.51. The highest BCUT2D eigenvalue weighted by Crippen LogP contribution is 2.21. The zero-order chi connectivity index (χ0) is 22.8. The van der Waals surface area contributed by atoms with Crippen molar-refractivity contribution in [2.24, 2.45) is 11.3 Å². The Bertz CT molecular complexity index is 486. The van der Waals surface area contributed by atoms with Gasteiger partial charge in [-0.15, -0.1) is 0 Å². The Morgan fingerprint density at radius 2 is 1.40 bits per heavy atom. The number of esters is 3. The highest BCUT2D eigenvalue weighted by molar-refractivity contribution is 5.75. The number of carbonyl (C=O) groups is 3. The summed E-state index contributed by atoms with van der Waals surface area (Å²) in [6.07, 6.45) is 8.62. The van der Waals surface area contributed by atoms with Crippen LogP contribution in [-0.4, -0.2) is 37.7 Å². The number of unbranched alkanes of at least 4 members (excludes halogenated alkanes) is 3. The fourth-order valence-electron chi connectivity index (χ4n) is 2.71. The van der Waals surface area contributed by atoms with Gasteiger partial charge in [0, 0.05) is 12.8 Å². The smallest absolute Gasteiger partial charge is 0.311 e. The Balaban J connectivity index is 3.64. The molecule has 0 bridgehead atoms. The Labute approximate surface area is 183 Å². The maximum atomic E-state index is 11.8. The zero-order valence-corrected chi connectivity index (χ0v) is 19.9. The minimum Gasteiger partial charge on any atom is -0.466 e. The topological polar surface area (TPSA) is 78.9 Å². The molecule has 1 unspecified atom stereocenters. The van der Waals surface area contributed by atoms with E-state index in [0.29, 0.717) is 38.4 Å². The summed E-state index contributed by atoms with van der Waals surface area (Å²) in [6, 6.07) is 0. The largest absolute Gasteiger partial charge is 0.466 e. The van der Waals surface area contributed by atoms with E-state index in [0.717, 1.165) is 32.1 Å². The summed E-state index contributed by atoms with van der Waals surface area (Å²) >= 11 is 0. The van der Waals surface area contributed by atoms with Crippen molar-refractivity contribution < 1.29 is 28.6 Å². The lowest BCUT2D eigenvalue weighted by Gasteiger charge is -2.20. The summed E-state index contributed by atoms with van der Waals surface area (Å²) in [5, 5.41) is 0. The van der Waals surface area contributed by atoms with Crippen LogP contribution in [0, 0.1) is 11.3 Å². The van der Waals surface area contributed by atoms with Crippen LogP contribution >= 0.6 is 0 Å². The predicted octanol–water partition coefficient (Wildman–Crippen LogP) is 5.61. The minimum absolute atomic E-state index is 0.136. The molecule has 0 saturated heterocycles. The van der Waals surface area contributed by atoms with Crippen LogP contribution in [0.25, 0.3) is 0 Å². The molecule has 0 heterocycles. The van der Waals surface area contributed by atoms with Crippen LogP contribution in [0.2, 0.25) is 0 Å². The zero-order valence-electron chi connectivity index (χ0n) is 19.9. The maximum absolute atomic E-state index is 11.8. The molecule has 0 rings (SSSR count). The van der Waals surface area contributed by atoms with E-state index >= 15 is 0 Å². The lowest BCUT2D eigenvalue weighted by atomic mass is 9.91. The molecular formula is C24H44O6. The van der Waals surface area contributed by atoms with Gasteiger partial charge in [-0.2, -0.15) is 0 Å². The Morgan fingerprint density at radius 1 is 0.767 bits per heavy atom. The maximum Gasteiger partial charge on any atom is 0.311 e. The lowest BCUT2D eigenvalue weighted by Crippen LogP contribution is -2.26. The molecule has 0 aliphatic carbocycles. The van der Waals surface area contributed by atoms with Crippen LogP contribution in [0.3, 0.4) is 0 Å². The summed E-state index contributed by atoms with van der Waals surface area (Å²) in [5.41, 5.74) is -0.486. The van der Waals surface area contributed by atoms with E-state index in [2.05, 4.69) is 13.8 Å². The van der Waals surface area contributed by atoms with Gasteiger partial charge >= 0.3 is 17.9 Å². The standard InChI is InChI=1S/C24H44O6/c1-6-9-14-20(7-2)19-30-22(26)15-11-10-12-17-28-21(25)16-13-18-29-23(27)24(4,5)8-3/h20H,6-19H2,1-5H3. The van der Waals surface area contributed by atoms with E-state index < -0.39 is 5.41 Å². The summed E-state index contributed by atoms with van der Waals surface area (Å²) in [7, 11) is 0. The summed E-state index contributed by atoms with van der Waals surface area (Å²) in [5.74, 6) is -0.182. The first kappa shape index (κ1) is 28.4. The van der Waals surface area contributed by atoms with E-state index in [1.54, 1.807) is 0 Å². The molecule has 6 nitrogen and oxygen atoms in total. The molecule has 176 valence electrons.